The molecular formula is C20H20O3. The van der Waals surface area contributed by atoms with E-state index in [-0.39, 0.29) is 12.4 Å². The third kappa shape index (κ3) is 3.50. The number of esters is 1. The molecular weight excluding hydrogens is 288 g/mol. The lowest BCUT2D eigenvalue weighted by molar-refractivity contribution is 0.0474. The first-order valence-electron chi connectivity index (χ1n) is 7.93. The summed E-state index contributed by atoms with van der Waals surface area (Å²) >= 11 is 0. The van der Waals surface area contributed by atoms with Crippen molar-refractivity contribution in [3.05, 3.63) is 69.8 Å². The van der Waals surface area contributed by atoms with Crippen LogP contribution in [0.15, 0.2) is 36.4 Å². The molecule has 0 fully saturated rings. The predicted octanol–water partition coefficient (Wildman–Crippen LogP) is 3.83. The van der Waals surface area contributed by atoms with E-state index in [1.54, 1.807) is 12.1 Å². The Morgan fingerprint density at radius 3 is 2.35 bits per heavy atom. The summed E-state index contributed by atoms with van der Waals surface area (Å²) in [6.07, 6.45) is 3.26. The Morgan fingerprint density at radius 1 is 0.913 bits per heavy atom. The highest BCUT2D eigenvalue weighted by molar-refractivity contribution is 5.99. The highest BCUT2D eigenvalue weighted by Crippen LogP contribution is 2.23. The number of ether oxygens (including phenoxy) is 1. The molecule has 0 saturated carbocycles. The molecule has 23 heavy (non-hydrogen) atoms. The molecule has 118 valence electrons. The van der Waals surface area contributed by atoms with E-state index in [1.807, 2.05) is 38.1 Å². The van der Waals surface area contributed by atoms with Gasteiger partial charge in [0.15, 0.2) is 12.4 Å². The number of hydrogen-bond acceptors (Lipinski definition) is 3. The van der Waals surface area contributed by atoms with E-state index in [0.717, 1.165) is 30.4 Å². The minimum atomic E-state index is -0.452. The Kier molecular flexibility index (Phi) is 4.28. The molecule has 0 N–H and O–H groups in total. The lowest BCUT2D eigenvalue weighted by atomic mass is 10.0. The first kappa shape index (κ1) is 15.5. The lowest BCUT2D eigenvalue weighted by Gasteiger charge is -2.07. The standard InChI is InChI=1S/C20H20O3/c1-13-8-14(2)10-18(9-13)20(22)23-12-19(21)17-7-6-15-4-3-5-16(15)11-17/h6-11H,3-5,12H2,1-2H3. The molecule has 2 aromatic carbocycles. The molecule has 3 rings (SSSR count). The molecule has 1 aliphatic carbocycles. The zero-order valence-electron chi connectivity index (χ0n) is 13.5. The summed E-state index contributed by atoms with van der Waals surface area (Å²) in [5.41, 5.74) is 5.69. The van der Waals surface area contributed by atoms with Crippen molar-refractivity contribution < 1.29 is 14.3 Å². The zero-order valence-corrected chi connectivity index (χ0v) is 13.5. The van der Waals surface area contributed by atoms with Crippen LogP contribution in [-0.4, -0.2) is 18.4 Å². The fourth-order valence-electron chi connectivity index (χ4n) is 3.14. The van der Waals surface area contributed by atoms with Gasteiger partial charge >= 0.3 is 5.97 Å². The Bertz CT molecular complexity index is 754. The van der Waals surface area contributed by atoms with Gasteiger partial charge in [0.1, 0.15) is 0 Å². The predicted molar refractivity (Wildman–Crippen MR) is 89.0 cm³/mol. The summed E-state index contributed by atoms with van der Waals surface area (Å²) in [6.45, 7) is 3.64. The number of carbonyl (C=O) groups excluding carboxylic acids is 2. The third-order valence-corrected chi connectivity index (χ3v) is 4.21. The molecule has 0 atom stereocenters. The van der Waals surface area contributed by atoms with Crippen LogP contribution in [0.25, 0.3) is 0 Å². The van der Waals surface area contributed by atoms with Gasteiger partial charge in [-0.25, -0.2) is 4.79 Å². The van der Waals surface area contributed by atoms with Crippen LogP contribution in [0.2, 0.25) is 0 Å². The maximum atomic E-state index is 12.2. The SMILES string of the molecule is Cc1cc(C)cc(C(=O)OCC(=O)c2ccc3c(c2)CCC3)c1. The van der Waals surface area contributed by atoms with Gasteiger partial charge in [-0.3, -0.25) is 4.79 Å². The zero-order chi connectivity index (χ0) is 16.4. The van der Waals surface area contributed by atoms with Crippen LogP contribution >= 0.6 is 0 Å². The highest BCUT2D eigenvalue weighted by Gasteiger charge is 2.16. The van der Waals surface area contributed by atoms with Gasteiger partial charge in [-0.2, -0.15) is 0 Å². The fraction of sp³-hybridized carbons (Fsp3) is 0.300. The normalized spacial score (nSPS) is 12.8. The van der Waals surface area contributed by atoms with Crippen LogP contribution in [0.3, 0.4) is 0 Å². The third-order valence-electron chi connectivity index (χ3n) is 4.21. The summed E-state index contributed by atoms with van der Waals surface area (Å²) in [5.74, 6) is -0.608. The summed E-state index contributed by atoms with van der Waals surface area (Å²) in [7, 11) is 0. The smallest absolute Gasteiger partial charge is 0.338 e. The monoisotopic (exact) mass is 308 g/mol. The van der Waals surface area contributed by atoms with Crippen molar-refractivity contribution in [3.8, 4) is 0 Å². The van der Waals surface area contributed by atoms with Crippen LogP contribution in [0.5, 0.6) is 0 Å². The van der Waals surface area contributed by atoms with Gasteiger partial charge in [0, 0.05) is 5.56 Å². The van der Waals surface area contributed by atoms with Crippen molar-refractivity contribution in [3.63, 3.8) is 0 Å². The van der Waals surface area contributed by atoms with Crippen molar-refractivity contribution in [2.75, 3.05) is 6.61 Å². The van der Waals surface area contributed by atoms with Gasteiger partial charge < -0.3 is 4.74 Å². The Morgan fingerprint density at radius 2 is 1.61 bits per heavy atom. The van der Waals surface area contributed by atoms with Crippen LogP contribution < -0.4 is 0 Å². The van der Waals surface area contributed by atoms with E-state index in [4.69, 9.17) is 4.74 Å². The van der Waals surface area contributed by atoms with Gasteiger partial charge in [0.2, 0.25) is 0 Å². The maximum Gasteiger partial charge on any atom is 0.338 e. The minimum absolute atomic E-state index is 0.155. The Labute approximate surface area is 136 Å². The van der Waals surface area contributed by atoms with E-state index in [2.05, 4.69) is 0 Å². The number of carbonyl (C=O) groups is 2. The molecule has 0 amide bonds. The highest BCUT2D eigenvalue weighted by atomic mass is 16.5. The van der Waals surface area contributed by atoms with Crippen LogP contribution in [0.1, 0.15) is 49.4 Å². The second-order valence-electron chi connectivity index (χ2n) is 6.21. The second-order valence-corrected chi connectivity index (χ2v) is 6.21. The van der Waals surface area contributed by atoms with Crippen molar-refractivity contribution in [2.45, 2.75) is 33.1 Å². The van der Waals surface area contributed by atoms with Crippen LogP contribution in [0.4, 0.5) is 0 Å². The maximum absolute atomic E-state index is 12.2. The fourth-order valence-corrected chi connectivity index (χ4v) is 3.14. The van der Waals surface area contributed by atoms with E-state index in [1.165, 1.54) is 11.1 Å². The number of Topliss-reactive ketones (excluding diaryl/α,β-unsaturated/α-hetero) is 1. The molecule has 0 saturated heterocycles. The number of benzene rings is 2. The first-order valence-corrected chi connectivity index (χ1v) is 7.93. The van der Waals surface area contributed by atoms with Crippen LogP contribution in [0, 0.1) is 13.8 Å². The molecule has 0 aliphatic heterocycles. The van der Waals surface area contributed by atoms with E-state index in [0.29, 0.717) is 11.1 Å². The number of fused-ring (bicyclic) bond motifs is 1. The second kappa shape index (κ2) is 6.37. The molecule has 1 aliphatic rings. The summed E-state index contributed by atoms with van der Waals surface area (Å²) in [4.78, 5) is 24.3. The number of rotatable bonds is 4. The molecule has 0 bridgehead atoms. The molecule has 0 radical (unpaired) electrons. The van der Waals surface area contributed by atoms with E-state index < -0.39 is 5.97 Å². The van der Waals surface area contributed by atoms with Crippen molar-refractivity contribution >= 4 is 11.8 Å². The first-order chi connectivity index (χ1) is 11.0. The summed E-state index contributed by atoms with van der Waals surface area (Å²) in [6, 6.07) is 11.3. The Hall–Kier alpha value is -2.42. The van der Waals surface area contributed by atoms with Gasteiger partial charge in [0.05, 0.1) is 5.56 Å². The molecule has 3 nitrogen and oxygen atoms in total. The molecule has 0 spiro atoms. The average molecular weight is 308 g/mol. The van der Waals surface area contributed by atoms with E-state index in [9.17, 15) is 9.59 Å². The molecule has 3 heteroatoms. The van der Waals surface area contributed by atoms with Gasteiger partial charge in [0.25, 0.3) is 0 Å². The van der Waals surface area contributed by atoms with Gasteiger partial charge in [-0.1, -0.05) is 29.3 Å². The van der Waals surface area contributed by atoms with Crippen LogP contribution in [-0.2, 0) is 17.6 Å². The minimum Gasteiger partial charge on any atom is -0.454 e. The largest absolute Gasteiger partial charge is 0.454 e. The number of hydrogen-bond donors (Lipinski definition) is 0. The quantitative estimate of drug-likeness (QED) is 0.637. The molecule has 0 unspecified atom stereocenters. The number of ketones is 1. The molecule has 0 heterocycles. The van der Waals surface area contributed by atoms with Crippen molar-refractivity contribution in [2.24, 2.45) is 0 Å². The average Bonchev–Trinajstić information content (AvgIpc) is 2.98. The van der Waals surface area contributed by atoms with Gasteiger partial charge in [-0.05, 0) is 62.4 Å². The topological polar surface area (TPSA) is 43.4 Å². The summed E-state index contributed by atoms with van der Waals surface area (Å²) < 4.78 is 5.19. The number of aryl methyl sites for hydroxylation is 4. The lowest BCUT2D eigenvalue weighted by Crippen LogP contribution is -2.14. The van der Waals surface area contributed by atoms with Gasteiger partial charge in [-0.15, -0.1) is 0 Å². The molecule has 2 aromatic rings. The van der Waals surface area contributed by atoms with E-state index >= 15 is 0 Å². The molecule has 0 aromatic heterocycles. The van der Waals surface area contributed by atoms with Crippen molar-refractivity contribution in [1.29, 1.82) is 0 Å². The summed E-state index contributed by atoms with van der Waals surface area (Å²) in [5, 5.41) is 0. The van der Waals surface area contributed by atoms with Crippen molar-refractivity contribution in [1.82, 2.24) is 0 Å². The Balaban J connectivity index is 1.65.